The molecule has 1 aliphatic rings. The Morgan fingerprint density at radius 2 is 1.97 bits per heavy atom. The van der Waals surface area contributed by atoms with Crippen LogP contribution in [0.1, 0.15) is 35.0 Å². The van der Waals surface area contributed by atoms with E-state index in [0.717, 1.165) is 53.6 Å². The molecular formula is C23H23FN5OS. The van der Waals surface area contributed by atoms with Gasteiger partial charge in [0.2, 0.25) is 0 Å². The second-order valence-electron chi connectivity index (χ2n) is 7.89. The van der Waals surface area contributed by atoms with E-state index < -0.39 is 5.82 Å². The Labute approximate surface area is 183 Å². The number of fused-ring (bicyclic) bond motifs is 1. The third-order valence-corrected chi connectivity index (χ3v) is 7.39. The summed E-state index contributed by atoms with van der Waals surface area (Å²) in [6.45, 7) is 7.57. The van der Waals surface area contributed by atoms with Crippen LogP contribution >= 0.6 is 11.3 Å². The van der Waals surface area contributed by atoms with Crippen molar-refractivity contribution in [2.24, 2.45) is 7.05 Å². The van der Waals surface area contributed by atoms with E-state index in [1.165, 1.54) is 4.88 Å². The van der Waals surface area contributed by atoms with E-state index in [1.807, 2.05) is 20.0 Å². The molecule has 0 spiro atoms. The van der Waals surface area contributed by atoms with E-state index in [1.54, 1.807) is 34.5 Å². The van der Waals surface area contributed by atoms with Crippen LogP contribution < -0.4 is 5.73 Å². The molecule has 31 heavy (non-hydrogen) atoms. The largest absolute Gasteiger partial charge is 0.383 e. The highest BCUT2D eigenvalue weighted by atomic mass is 32.1. The number of rotatable bonds is 3. The van der Waals surface area contributed by atoms with E-state index in [4.69, 9.17) is 15.5 Å². The first-order chi connectivity index (χ1) is 15.0. The van der Waals surface area contributed by atoms with Gasteiger partial charge in [0.25, 0.3) is 0 Å². The molecule has 0 unspecified atom stereocenters. The van der Waals surface area contributed by atoms with Crippen LogP contribution in [-0.4, -0.2) is 33.0 Å². The molecule has 4 aromatic rings. The average Bonchev–Trinajstić information content (AvgIpc) is 3.31. The molecular weight excluding hydrogens is 413 g/mol. The number of ether oxygens (including phenoxy) is 1. The molecule has 1 saturated heterocycles. The van der Waals surface area contributed by atoms with Crippen molar-refractivity contribution < 1.29 is 9.13 Å². The molecule has 2 N–H and O–H groups in total. The topological polar surface area (TPSA) is 78.9 Å². The third kappa shape index (κ3) is 3.30. The second-order valence-corrected chi connectivity index (χ2v) is 8.92. The van der Waals surface area contributed by atoms with Crippen molar-refractivity contribution >= 4 is 27.9 Å². The molecule has 5 rings (SSSR count). The SMILES string of the molecule is [CH2]c1nc(-c2cnc(N)c3c(F)c(-c4cnn(C)c4C)ccc23)sc1C1CCOCC1. The van der Waals surface area contributed by atoms with Crippen molar-refractivity contribution in [2.75, 3.05) is 18.9 Å². The van der Waals surface area contributed by atoms with E-state index in [-0.39, 0.29) is 5.82 Å². The van der Waals surface area contributed by atoms with Gasteiger partial charge in [0.1, 0.15) is 16.6 Å². The highest BCUT2D eigenvalue weighted by Gasteiger charge is 2.24. The van der Waals surface area contributed by atoms with Crippen molar-refractivity contribution in [2.45, 2.75) is 25.7 Å². The number of nitrogens with zero attached hydrogens (tertiary/aromatic N) is 4. The summed E-state index contributed by atoms with van der Waals surface area (Å²) in [4.78, 5) is 10.2. The summed E-state index contributed by atoms with van der Waals surface area (Å²) in [6, 6.07) is 3.68. The van der Waals surface area contributed by atoms with Crippen molar-refractivity contribution in [3.8, 4) is 21.7 Å². The van der Waals surface area contributed by atoms with Gasteiger partial charge >= 0.3 is 0 Å². The number of halogens is 1. The molecule has 0 amide bonds. The molecule has 1 aliphatic heterocycles. The second kappa shape index (κ2) is 7.69. The predicted molar refractivity (Wildman–Crippen MR) is 121 cm³/mol. The Balaban J connectivity index is 1.65. The maximum atomic E-state index is 15.7. The molecule has 3 aromatic heterocycles. The average molecular weight is 437 g/mol. The molecule has 0 atom stereocenters. The Morgan fingerprint density at radius 1 is 1.19 bits per heavy atom. The van der Waals surface area contributed by atoms with Crippen LogP contribution in [-0.2, 0) is 11.8 Å². The van der Waals surface area contributed by atoms with Gasteiger partial charge in [-0.2, -0.15) is 5.10 Å². The summed E-state index contributed by atoms with van der Waals surface area (Å²) in [5.74, 6) is 0.171. The fourth-order valence-electron chi connectivity index (χ4n) is 4.22. The number of thiazole rings is 1. The highest BCUT2D eigenvalue weighted by molar-refractivity contribution is 7.15. The van der Waals surface area contributed by atoms with Gasteiger partial charge in [0, 0.05) is 59.1 Å². The lowest BCUT2D eigenvalue weighted by molar-refractivity contribution is 0.0859. The van der Waals surface area contributed by atoms with E-state index in [2.05, 4.69) is 17.0 Å². The van der Waals surface area contributed by atoms with Gasteiger partial charge in [0.15, 0.2) is 0 Å². The number of hydrogen-bond acceptors (Lipinski definition) is 6. The van der Waals surface area contributed by atoms with Crippen molar-refractivity contribution in [1.82, 2.24) is 19.7 Å². The van der Waals surface area contributed by atoms with Gasteiger partial charge in [-0.3, -0.25) is 4.68 Å². The van der Waals surface area contributed by atoms with Crippen LogP contribution in [0.3, 0.4) is 0 Å². The first kappa shape index (κ1) is 20.1. The van der Waals surface area contributed by atoms with Crippen LogP contribution in [0.2, 0.25) is 0 Å². The molecule has 0 saturated carbocycles. The number of hydrogen-bond donors (Lipinski definition) is 1. The van der Waals surface area contributed by atoms with Crippen LogP contribution in [0, 0.1) is 19.7 Å². The van der Waals surface area contributed by atoms with Crippen LogP contribution in [0.15, 0.2) is 24.5 Å². The summed E-state index contributed by atoms with van der Waals surface area (Å²) in [6.07, 6.45) is 5.28. The van der Waals surface area contributed by atoms with Gasteiger partial charge < -0.3 is 10.5 Å². The molecule has 1 radical (unpaired) electrons. The molecule has 0 aliphatic carbocycles. The van der Waals surface area contributed by atoms with Crippen LogP contribution in [0.4, 0.5) is 10.2 Å². The minimum absolute atomic E-state index is 0.163. The Bertz CT molecular complexity index is 1290. The summed E-state index contributed by atoms with van der Waals surface area (Å²) in [5, 5.41) is 6.03. The first-order valence-electron chi connectivity index (χ1n) is 10.2. The monoisotopic (exact) mass is 436 g/mol. The zero-order valence-corrected chi connectivity index (χ0v) is 18.3. The number of aryl methyl sites for hydroxylation is 1. The number of anilines is 1. The maximum Gasteiger partial charge on any atom is 0.142 e. The minimum atomic E-state index is -0.392. The number of nitrogen functional groups attached to an aromatic ring is 1. The lowest BCUT2D eigenvalue weighted by Gasteiger charge is -2.21. The first-order valence-corrected chi connectivity index (χ1v) is 11.0. The smallest absolute Gasteiger partial charge is 0.142 e. The highest BCUT2D eigenvalue weighted by Crippen LogP contribution is 2.41. The quantitative estimate of drug-likeness (QED) is 0.496. The van der Waals surface area contributed by atoms with Gasteiger partial charge in [0.05, 0.1) is 17.3 Å². The molecule has 1 aromatic carbocycles. The van der Waals surface area contributed by atoms with Gasteiger partial charge in [-0.1, -0.05) is 12.1 Å². The maximum absolute atomic E-state index is 15.7. The normalized spacial score (nSPS) is 15.1. The number of nitrogens with two attached hydrogens (primary N) is 1. The molecule has 0 bridgehead atoms. The molecule has 6 nitrogen and oxygen atoms in total. The summed E-state index contributed by atoms with van der Waals surface area (Å²) in [7, 11) is 1.83. The van der Waals surface area contributed by atoms with E-state index in [0.29, 0.717) is 22.3 Å². The summed E-state index contributed by atoms with van der Waals surface area (Å²) in [5.41, 5.74) is 9.76. The fourth-order valence-corrected chi connectivity index (χ4v) is 5.42. The Kier molecular flexibility index (Phi) is 4.98. The molecule has 1 fully saturated rings. The summed E-state index contributed by atoms with van der Waals surface area (Å²) < 4.78 is 22.9. The third-order valence-electron chi connectivity index (χ3n) is 6.10. The minimum Gasteiger partial charge on any atom is -0.383 e. The van der Waals surface area contributed by atoms with E-state index in [9.17, 15) is 0 Å². The van der Waals surface area contributed by atoms with Crippen molar-refractivity contribution in [3.63, 3.8) is 0 Å². The molecule has 159 valence electrons. The standard InChI is InChI=1S/C23H23FN5OS/c1-12-21(14-6-8-30-9-7-14)31-23(28-12)18-10-26-22(25)19-15(18)4-5-16(20(19)24)17-11-27-29(3)13(17)2/h4-5,10-11,14H,1,6-9H2,2-3H3,(H2,25,26). The zero-order chi connectivity index (χ0) is 21.7. The lowest BCUT2D eigenvalue weighted by atomic mass is 9.97. The number of aromatic nitrogens is 4. The van der Waals surface area contributed by atoms with Crippen molar-refractivity contribution in [1.29, 1.82) is 0 Å². The zero-order valence-electron chi connectivity index (χ0n) is 17.5. The van der Waals surface area contributed by atoms with Crippen molar-refractivity contribution in [3.05, 3.63) is 53.5 Å². The summed E-state index contributed by atoms with van der Waals surface area (Å²) >= 11 is 1.61. The lowest BCUT2D eigenvalue weighted by Crippen LogP contribution is -2.13. The Hall–Kier alpha value is -2.84. The predicted octanol–water partition coefficient (Wildman–Crippen LogP) is 4.86. The van der Waals surface area contributed by atoms with Gasteiger partial charge in [-0.25, -0.2) is 14.4 Å². The van der Waals surface area contributed by atoms with Gasteiger partial charge in [-0.15, -0.1) is 11.3 Å². The van der Waals surface area contributed by atoms with Gasteiger partial charge in [-0.05, 0) is 32.6 Å². The fraction of sp³-hybridized carbons (Fsp3) is 0.304. The number of benzene rings is 1. The molecule has 8 heteroatoms. The van der Waals surface area contributed by atoms with E-state index >= 15 is 4.39 Å². The Morgan fingerprint density at radius 3 is 2.68 bits per heavy atom. The number of pyridine rings is 1. The molecule has 4 heterocycles. The van der Waals surface area contributed by atoms with Crippen LogP contribution in [0.25, 0.3) is 32.5 Å². The van der Waals surface area contributed by atoms with Crippen LogP contribution in [0.5, 0.6) is 0 Å².